The third kappa shape index (κ3) is 4.23. The van der Waals surface area contributed by atoms with Gasteiger partial charge in [-0.05, 0) is 36.6 Å². The Morgan fingerprint density at radius 2 is 1.57 bits per heavy atom. The summed E-state index contributed by atoms with van der Waals surface area (Å²) in [5.41, 5.74) is 8.53. The zero-order chi connectivity index (χ0) is 15.1. The van der Waals surface area contributed by atoms with Gasteiger partial charge in [-0.25, -0.2) is 0 Å². The molecule has 0 saturated heterocycles. The second-order valence-corrected chi connectivity index (χ2v) is 5.07. The molecule has 0 spiro atoms. The molecule has 3 nitrogen and oxygen atoms in total. The molecule has 112 valence electrons. The first kappa shape index (κ1) is 15.4. The van der Waals surface area contributed by atoms with Gasteiger partial charge in [0.25, 0.3) is 0 Å². The van der Waals surface area contributed by atoms with Crippen LogP contribution in [0.2, 0.25) is 0 Å². The minimum Gasteiger partial charge on any atom is -0.490 e. The molecule has 1 atom stereocenters. The molecule has 2 rings (SSSR count). The molecule has 21 heavy (non-hydrogen) atoms. The molecular formula is C18H23NO2. The van der Waals surface area contributed by atoms with E-state index >= 15 is 0 Å². The second kappa shape index (κ2) is 7.70. The predicted molar refractivity (Wildman–Crippen MR) is 85.8 cm³/mol. The summed E-state index contributed by atoms with van der Waals surface area (Å²) in [4.78, 5) is 0. The topological polar surface area (TPSA) is 44.5 Å². The number of nitrogens with two attached hydrogens (primary N) is 1. The molecule has 0 aromatic heterocycles. The fourth-order valence-electron chi connectivity index (χ4n) is 2.17. The lowest BCUT2D eigenvalue weighted by atomic mass is 10.0. The lowest BCUT2D eigenvalue weighted by molar-refractivity contribution is 0.255. The fourth-order valence-corrected chi connectivity index (χ4v) is 2.17. The molecule has 2 aromatic carbocycles. The van der Waals surface area contributed by atoms with Crippen LogP contribution in [0.15, 0.2) is 48.5 Å². The van der Waals surface area contributed by atoms with E-state index in [9.17, 15) is 0 Å². The predicted octanol–water partition coefficient (Wildman–Crippen LogP) is 3.86. The molecule has 0 radical (unpaired) electrons. The van der Waals surface area contributed by atoms with Gasteiger partial charge in [0.05, 0.1) is 12.6 Å². The van der Waals surface area contributed by atoms with Crippen molar-refractivity contribution in [1.29, 1.82) is 0 Å². The molecule has 0 saturated carbocycles. The lowest BCUT2D eigenvalue weighted by Crippen LogP contribution is -2.20. The molecule has 0 aliphatic heterocycles. The van der Waals surface area contributed by atoms with Crippen molar-refractivity contribution in [3.8, 4) is 11.5 Å². The zero-order valence-corrected chi connectivity index (χ0v) is 12.7. The second-order valence-electron chi connectivity index (χ2n) is 5.07. The van der Waals surface area contributed by atoms with Gasteiger partial charge in [0, 0.05) is 0 Å². The maximum atomic E-state index is 6.23. The average molecular weight is 285 g/mol. The Morgan fingerprint density at radius 3 is 2.24 bits per heavy atom. The van der Waals surface area contributed by atoms with Crippen LogP contribution in [0.25, 0.3) is 0 Å². The van der Waals surface area contributed by atoms with Gasteiger partial charge in [0.2, 0.25) is 0 Å². The Bertz CT molecular complexity index is 569. The van der Waals surface area contributed by atoms with E-state index in [1.54, 1.807) is 0 Å². The third-order valence-corrected chi connectivity index (χ3v) is 3.32. The summed E-state index contributed by atoms with van der Waals surface area (Å²) < 4.78 is 11.5. The molecule has 1 unspecified atom stereocenters. The molecule has 3 heteroatoms. The number of benzene rings is 2. The van der Waals surface area contributed by atoms with E-state index in [1.165, 1.54) is 5.56 Å². The van der Waals surface area contributed by atoms with E-state index < -0.39 is 0 Å². The Morgan fingerprint density at radius 1 is 0.952 bits per heavy atom. The average Bonchev–Trinajstić information content (AvgIpc) is 2.52. The lowest BCUT2D eigenvalue weighted by Gasteiger charge is -2.17. The van der Waals surface area contributed by atoms with Gasteiger partial charge >= 0.3 is 0 Å². The zero-order valence-electron chi connectivity index (χ0n) is 12.7. The van der Waals surface area contributed by atoms with Gasteiger partial charge in [-0.2, -0.15) is 0 Å². The first-order valence-electron chi connectivity index (χ1n) is 7.38. The number of aryl methyl sites for hydroxylation is 1. The van der Waals surface area contributed by atoms with Crippen LogP contribution in [0.3, 0.4) is 0 Å². The molecule has 0 heterocycles. The number of ether oxygens (including phenoxy) is 2. The summed E-state index contributed by atoms with van der Waals surface area (Å²) >= 11 is 0. The van der Waals surface area contributed by atoms with Crippen LogP contribution in [0.4, 0.5) is 0 Å². The molecule has 2 N–H and O–H groups in total. The molecule has 0 fully saturated rings. The third-order valence-electron chi connectivity index (χ3n) is 3.32. The van der Waals surface area contributed by atoms with Crippen LogP contribution >= 0.6 is 0 Å². The number of hydrogen-bond donors (Lipinski definition) is 1. The van der Waals surface area contributed by atoms with Crippen molar-refractivity contribution >= 4 is 0 Å². The smallest absolute Gasteiger partial charge is 0.161 e. The van der Waals surface area contributed by atoms with E-state index in [-0.39, 0.29) is 6.04 Å². The van der Waals surface area contributed by atoms with Gasteiger partial charge in [-0.3, -0.25) is 0 Å². The highest BCUT2D eigenvalue weighted by Gasteiger charge is 2.11. The number of hydrogen-bond acceptors (Lipinski definition) is 3. The quantitative estimate of drug-likeness (QED) is 0.840. The van der Waals surface area contributed by atoms with E-state index in [0.29, 0.717) is 13.2 Å². The highest BCUT2D eigenvalue weighted by atomic mass is 16.5. The summed E-state index contributed by atoms with van der Waals surface area (Å²) in [5, 5.41) is 0. The largest absolute Gasteiger partial charge is 0.490 e. The van der Waals surface area contributed by atoms with E-state index in [0.717, 1.165) is 23.5 Å². The van der Waals surface area contributed by atoms with Crippen LogP contribution in [-0.2, 0) is 0 Å². The number of para-hydroxylation sites is 2. The van der Waals surface area contributed by atoms with Crippen molar-refractivity contribution in [3.63, 3.8) is 0 Å². The minimum atomic E-state index is -0.148. The van der Waals surface area contributed by atoms with Crippen LogP contribution in [-0.4, -0.2) is 13.2 Å². The fraction of sp³-hybridized carbons (Fsp3) is 0.333. The van der Waals surface area contributed by atoms with E-state index in [2.05, 4.69) is 19.9 Å². The summed E-state index contributed by atoms with van der Waals surface area (Å²) in [6, 6.07) is 15.7. The standard InChI is InChI=1S/C18H23NO2/c1-3-12-20-17-10-6-7-11-18(17)21-13-16(19)15-9-5-4-8-14(15)2/h4-11,16H,3,12-13,19H2,1-2H3. The molecule has 0 amide bonds. The van der Waals surface area contributed by atoms with Crippen molar-refractivity contribution in [2.75, 3.05) is 13.2 Å². The van der Waals surface area contributed by atoms with Crippen LogP contribution in [0.5, 0.6) is 11.5 Å². The molecule has 0 bridgehead atoms. The van der Waals surface area contributed by atoms with Crippen molar-refractivity contribution < 1.29 is 9.47 Å². The first-order chi connectivity index (χ1) is 10.2. The molecule has 2 aromatic rings. The van der Waals surface area contributed by atoms with Crippen molar-refractivity contribution in [1.82, 2.24) is 0 Å². The van der Waals surface area contributed by atoms with Gasteiger partial charge < -0.3 is 15.2 Å². The molecular weight excluding hydrogens is 262 g/mol. The Labute approximate surface area is 126 Å². The monoisotopic (exact) mass is 285 g/mol. The van der Waals surface area contributed by atoms with Gasteiger partial charge in [-0.15, -0.1) is 0 Å². The van der Waals surface area contributed by atoms with E-state index in [4.69, 9.17) is 15.2 Å². The van der Waals surface area contributed by atoms with Gasteiger partial charge in [0.1, 0.15) is 6.61 Å². The summed E-state index contributed by atoms with van der Waals surface area (Å²) in [6.07, 6.45) is 0.969. The van der Waals surface area contributed by atoms with Gasteiger partial charge in [-0.1, -0.05) is 43.3 Å². The normalized spacial score (nSPS) is 12.0. The van der Waals surface area contributed by atoms with Crippen LogP contribution in [0.1, 0.15) is 30.5 Å². The Hall–Kier alpha value is -2.00. The number of rotatable bonds is 7. The summed E-state index contributed by atoms with van der Waals surface area (Å²) in [7, 11) is 0. The van der Waals surface area contributed by atoms with Crippen molar-refractivity contribution in [2.24, 2.45) is 5.73 Å². The maximum absolute atomic E-state index is 6.23. The Kier molecular flexibility index (Phi) is 5.64. The maximum Gasteiger partial charge on any atom is 0.161 e. The molecule has 0 aliphatic rings. The first-order valence-corrected chi connectivity index (χ1v) is 7.38. The van der Waals surface area contributed by atoms with Crippen LogP contribution < -0.4 is 15.2 Å². The van der Waals surface area contributed by atoms with Crippen molar-refractivity contribution in [2.45, 2.75) is 26.3 Å². The molecule has 0 aliphatic carbocycles. The van der Waals surface area contributed by atoms with Crippen molar-refractivity contribution in [3.05, 3.63) is 59.7 Å². The highest BCUT2D eigenvalue weighted by molar-refractivity contribution is 5.39. The summed E-state index contributed by atoms with van der Waals surface area (Å²) in [6.45, 7) is 5.26. The van der Waals surface area contributed by atoms with E-state index in [1.807, 2.05) is 42.5 Å². The highest BCUT2D eigenvalue weighted by Crippen LogP contribution is 2.27. The Balaban J connectivity index is 2.01. The SMILES string of the molecule is CCCOc1ccccc1OCC(N)c1ccccc1C. The van der Waals surface area contributed by atoms with Gasteiger partial charge in [0.15, 0.2) is 11.5 Å². The minimum absolute atomic E-state index is 0.148. The summed E-state index contributed by atoms with van der Waals surface area (Å²) in [5.74, 6) is 1.52. The van der Waals surface area contributed by atoms with Crippen LogP contribution in [0, 0.1) is 6.92 Å².